The first-order valence-corrected chi connectivity index (χ1v) is 5.01. The number of aromatic carboxylic acids is 1. The molecule has 0 amide bonds. The van der Waals surface area contributed by atoms with Gasteiger partial charge in [0.1, 0.15) is 5.82 Å². The molecule has 0 aliphatic carbocycles. The Hall–Kier alpha value is -1.70. The van der Waals surface area contributed by atoms with Gasteiger partial charge in [-0.3, -0.25) is 0 Å². The van der Waals surface area contributed by atoms with E-state index in [9.17, 15) is 22.4 Å². The zero-order chi connectivity index (χ0) is 12.8. The van der Waals surface area contributed by atoms with Gasteiger partial charge in [-0.15, -0.1) is 11.3 Å². The second kappa shape index (κ2) is 3.66. The minimum Gasteiger partial charge on any atom is -0.478 e. The van der Waals surface area contributed by atoms with E-state index in [0.29, 0.717) is 6.07 Å². The zero-order valence-corrected chi connectivity index (χ0v) is 8.69. The molecule has 1 aromatic carbocycles. The summed E-state index contributed by atoms with van der Waals surface area (Å²) in [4.78, 5) is 13.9. The Morgan fingerprint density at radius 2 is 2.00 bits per heavy atom. The van der Waals surface area contributed by atoms with Gasteiger partial charge in [0.2, 0.25) is 0 Å². The molecule has 17 heavy (non-hydrogen) atoms. The van der Waals surface area contributed by atoms with Crippen molar-refractivity contribution >= 4 is 27.5 Å². The van der Waals surface area contributed by atoms with Crippen LogP contribution >= 0.6 is 11.3 Å². The molecule has 90 valence electrons. The largest absolute Gasteiger partial charge is 0.478 e. The summed E-state index contributed by atoms with van der Waals surface area (Å²) in [6, 6.07) is 1.47. The number of benzene rings is 1. The first-order chi connectivity index (χ1) is 7.79. The van der Waals surface area contributed by atoms with Gasteiger partial charge in [0.25, 0.3) is 0 Å². The predicted molar refractivity (Wildman–Crippen MR) is 51.5 cm³/mol. The summed E-state index contributed by atoms with van der Waals surface area (Å²) in [6.45, 7) is 0. The van der Waals surface area contributed by atoms with Crippen LogP contribution in [0, 0.1) is 5.82 Å². The average Bonchev–Trinajstić information content (AvgIpc) is 2.58. The van der Waals surface area contributed by atoms with Crippen molar-refractivity contribution in [1.82, 2.24) is 4.98 Å². The Bertz CT molecular complexity index is 605. The van der Waals surface area contributed by atoms with E-state index in [-0.39, 0.29) is 21.6 Å². The number of aromatic nitrogens is 1. The molecule has 2 rings (SSSR count). The van der Waals surface area contributed by atoms with Gasteiger partial charge >= 0.3 is 12.1 Å². The number of carbonyl (C=O) groups is 1. The third kappa shape index (κ3) is 2.07. The number of carboxylic acid groups (broad SMARTS) is 1. The predicted octanol–water partition coefficient (Wildman–Crippen LogP) is 3.15. The monoisotopic (exact) mass is 265 g/mol. The topological polar surface area (TPSA) is 50.2 Å². The lowest BCUT2D eigenvalue weighted by molar-refractivity contribution is -0.137. The van der Waals surface area contributed by atoms with E-state index in [2.05, 4.69) is 4.98 Å². The van der Waals surface area contributed by atoms with Crippen molar-refractivity contribution in [2.75, 3.05) is 0 Å². The van der Waals surface area contributed by atoms with Gasteiger partial charge in [-0.1, -0.05) is 0 Å². The highest BCUT2D eigenvalue weighted by molar-refractivity contribution is 7.18. The SMILES string of the molecule is O=C(O)c1cc(F)cc2sc(C(F)(F)F)nc12. The van der Waals surface area contributed by atoms with Crippen LogP contribution < -0.4 is 0 Å². The molecule has 3 nitrogen and oxygen atoms in total. The van der Waals surface area contributed by atoms with Gasteiger partial charge in [0.15, 0.2) is 5.01 Å². The van der Waals surface area contributed by atoms with Crippen LogP contribution in [0.4, 0.5) is 17.6 Å². The van der Waals surface area contributed by atoms with Crippen molar-refractivity contribution in [1.29, 1.82) is 0 Å². The Balaban J connectivity index is 2.76. The normalized spacial score (nSPS) is 12.0. The van der Waals surface area contributed by atoms with Crippen LogP contribution in [0.3, 0.4) is 0 Å². The lowest BCUT2D eigenvalue weighted by atomic mass is 10.2. The number of halogens is 4. The summed E-state index contributed by atoms with van der Waals surface area (Å²) >= 11 is 0.211. The average molecular weight is 265 g/mol. The molecule has 0 saturated carbocycles. The number of hydrogen-bond acceptors (Lipinski definition) is 3. The maximum Gasteiger partial charge on any atom is 0.443 e. The number of carboxylic acids is 1. The highest BCUT2D eigenvalue weighted by atomic mass is 32.1. The zero-order valence-electron chi connectivity index (χ0n) is 7.88. The lowest BCUT2D eigenvalue weighted by Crippen LogP contribution is -2.04. The second-order valence-corrected chi connectivity index (χ2v) is 4.15. The summed E-state index contributed by atoms with van der Waals surface area (Å²) < 4.78 is 50.0. The van der Waals surface area contributed by atoms with Crippen molar-refractivity contribution in [3.63, 3.8) is 0 Å². The molecule has 2 aromatic rings. The van der Waals surface area contributed by atoms with Gasteiger partial charge in [0, 0.05) is 0 Å². The first kappa shape index (κ1) is 11.8. The first-order valence-electron chi connectivity index (χ1n) is 4.19. The molecule has 8 heteroatoms. The second-order valence-electron chi connectivity index (χ2n) is 3.12. The van der Waals surface area contributed by atoms with E-state index in [1.54, 1.807) is 0 Å². The third-order valence-electron chi connectivity index (χ3n) is 1.93. The molecular formula is C9H3F4NO2S. The summed E-state index contributed by atoms with van der Waals surface area (Å²) in [5, 5.41) is 7.54. The molecule has 0 saturated heterocycles. The minimum absolute atomic E-state index is 0.144. The number of thiazole rings is 1. The van der Waals surface area contributed by atoms with Crippen molar-refractivity contribution < 1.29 is 27.5 Å². The van der Waals surface area contributed by atoms with Gasteiger partial charge < -0.3 is 5.11 Å². The fourth-order valence-corrected chi connectivity index (χ4v) is 2.16. The third-order valence-corrected chi connectivity index (χ3v) is 2.98. The van der Waals surface area contributed by atoms with Gasteiger partial charge in [0.05, 0.1) is 15.8 Å². The summed E-state index contributed by atoms with van der Waals surface area (Å²) in [6.07, 6.45) is -4.67. The molecule has 1 aromatic heterocycles. The van der Waals surface area contributed by atoms with Crippen LogP contribution in [0.2, 0.25) is 0 Å². The van der Waals surface area contributed by atoms with Crippen LogP contribution in [0.5, 0.6) is 0 Å². The summed E-state index contributed by atoms with van der Waals surface area (Å²) in [5.74, 6) is -2.43. The van der Waals surface area contributed by atoms with Crippen LogP contribution in [0.1, 0.15) is 15.4 Å². The van der Waals surface area contributed by atoms with E-state index >= 15 is 0 Å². The van der Waals surface area contributed by atoms with Crippen LogP contribution in [-0.4, -0.2) is 16.1 Å². The highest BCUT2D eigenvalue weighted by Gasteiger charge is 2.35. The van der Waals surface area contributed by atoms with E-state index in [0.717, 1.165) is 6.07 Å². The van der Waals surface area contributed by atoms with E-state index in [1.807, 2.05) is 0 Å². The summed E-state index contributed by atoms with van der Waals surface area (Å²) in [7, 11) is 0. The molecule has 1 heterocycles. The molecule has 0 spiro atoms. The minimum atomic E-state index is -4.67. The lowest BCUT2D eigenvalue weighted by Gasteiger charge is -1.98. The Morgan fingerprint density at radius 1 is 1.35 bits per heavy atom. The molecule has 0 atom stereocenters. The Kier molecular flexibility index (Phi) is 2.53. The highest BCUT2D eigenvalue weighted by Crippen LogP contribution is 2.36. The number of fused-ring (bicyclic) bond motifs is 1. The van der Waals surface area contributed by atoms with Gasteiger partial charge in [-0.2, -0.15) is 13.2 Å². The van der Waals surface area contributed by atoms with Gasteiger partial charge in [-0.25, -0.2) is 14.2 Å². The smallest absolute Gasteiger partial charge is 0.443 e. The van der Waals surface area contributed by atoms with E-state index in [4.69, 9.17) is 5.11 Å². The number of hydrogen-bond donors (Lipinski definition) is 1. The number of rotatable bonds is 1. The molecule has 1 N–H and O–H groups in total. The quantitative estimate of drug-likeness (QED) is 0.806. The molecule has 0 aliphatic rings. The van der Waals surface area contributed by atoms with Crippen molar-refractivity contribution in [2.45, 2.75) is 6.18 Å². The Morgan fingerprint density at radius 3 is 2.53 bits per heavy atom. The maximum atomic E-state index is 13.0. The Labute approximate surface area is 95.3 Å². The van der Waals surface area contributed by atoms with Crippen LogP contribution in [-0.2, 0) is 6.18 Å². The molecule has 0 fully saturated rings. The number of alkyl halides is 3. The molecule has 0 bridgehead atoms. The fraction of sp³-hybridized carbons (Fsp3) is 0.111. The van der Waals surface area contributed by atoms with Crippen molar-refractivity contribution in [3.05, 3.63) is 28.5 Å². The van der Waals surface area contributed by atoms with Crippen molar-refractivity contribution in [2.24, 2.45) is 0 Å². The maximum absolute atomic E-state index is 13.0. The number of nitrogens with zero attached hydrogens (tertiary/aromatic N) is 1. The van der Waals surface area contributed by atoms with Gasteiger partial charge in [-0.05, 0) is 12.1 Å². The standard InChI is InChI=1S/C9H3F4NO2S/c10-3-1-4(7(15)16)6-5(2-3)17-8(14-6)9(11,12)13/h1-2H,(H,15,16). The molecular weight excluding hydrogens is 262 g/mol. The van der Waals surface area contributed by atoms with Crippen LogP contribution in [0.15, 0.2) is 12.1 Å². The molecule has 0 aliphatic heterocycles. The van der Waals surface area contributed by atoms with E-state index < -0.39 is 28.5 Å². The van der Waals surface area contributed by atoms with Crippen LogP contribution in [0.25, 0.3) is 10.2 Å². The summed E-state index contributed by atoms with van der Waals surface area (Å²) in [5.41, 5.74) is -0.928. The molecule has 0 radical (unpaired) electrons. The fourth-order valence-electron chi connectivity index (χ4n) is 1.28. The van der Waals surface area contributed by atoms with Crippen molar-refractivity contribution in [3.8, 4) is 0 Å². The van der Waals surface area contributed by atoms with E-state index in [1.165, 1.54) is 0 Å². The molecule has 0 unspecified atom stereocenters.